The van der Waals surface area contributed by atoms with Crippen molar-refractivity contribution in [3.05, 3.63) is 29.1 Å². The lowest BCUT2D eigenvalue weighted by Crippen LogP contribution is -2.51. The molecule has 4 rings (SSSR count). The van der Waals surface area contributed by atoms with Crippen molar-refractivity contribution in [1.82, 2.24) is 20.5 Å². The highest BCUT2D eigenvalue weighted by Crippen LogP contribution is 2.43. The number of nitrogens with zero attached hydrogens (tertiary/aromatic N) is 2. The van der Waals surface area contributed by atoms with E-state index in [0.29, 0.717) is 19.4 Å². The Labute approximate surface area is 227 Å². The first-order chi connectivity index (χ1) is 18.3. The molecule has 3 heterocycles. The molecule has 1 aromatic heterocycles. The molecule has 216 valence electrons. The number of pyridine rings is 1. The van der Waals surface area contributed by atoms with Crippen LogP contribution in [-0.4, -0.2) is 69.1 Å². The van der Waals surface area contributed by atoms with Crippen LogP contribution in [0.5, 0.6) is 0 Å². The molecule has 1 saturated heterocycles. The summed E-state index contributed by atoms with van der Waals surface area (Å²) in [7, 11) is 0. The fraction of sp³-hybridized carbons (Fsp3) is 0.640. The van der Waals surface area contributed by atoms with Crippen LogP contribution < -0.4 is 16.0 Å². The Morgan fingerprint density at radius 3 is 2.49 bits per heavy atom. The topological polar surface area (TPSA) is 107 Å². The van der Waals surface area contributed by atoms with Gasteiger partial charge in [-0.15, -0.1) is 0 Å². The summed E-state index contributed by atoms with van der Waals surface area (Å²) in [6.45, 7) is 5.05. The van der Waals surface area contributed by atoms with Crippen molar-refractivity contribution in [3.63, 3.8) is 0 Å². The minimum absolute atomic E-state index is 0.0256. The second-order valence-corrected chi connectivity index (χ2v) is 11.6. The number of likely N-dealkylation sites (tertiary alicyclic amines) is 1. The molecule has 1 aromatic rings. The maximum Gasteiger partial charge on any atom is 0.408 e. The average molecular weight is 578 g/mol. The zero-order valence-electron chi connectivity index (χ0n) is 21.7. The third-order valence-corrected chi connectivity index (χ3v) is 8.43. The summed E-state index contributed by atoms with van der Waals surface area (Å²) in [5, 5.41) is 16.4. The molecule has 2 amide bonds. The Kier molecular flexibility index (Phi) is 8.64. The summed E-state index contributed by atoms with van der Waals surface area (Å²) in [5.74, 6) is -2.18. The molecule has 8 nitrogen and oxygen atoms in total. The third kappa shape index (κ3) is 6.42. The van der Waals surface area contributed by atoms with Crippen molar-refractivity contribution in [2.75, 3.05) is 11.9 Å². The molecule has 3 aliphatic rings. The van der Waals surface area contributed by atoms with Gasteiger partial charge in [-0.25, -0.2) is 13.8 Å². The molecule has 2 aliphatic heterocycles. The van der Waals surface area contributed by atoms with Crippen LogP contribution in [0.3, 0.4) is 0 Å². The number of aliphatic hydroxyl groups excluding tert-OH is 1. The standard InChI is InChI=1S/C25H32F5N5O3S/c1-11(2)20(25(28,29)30)33-17-9-15(21(26)27)16(10-31-17)19-18(24(38)35-6-4-5-12(35)3)34-23(39-19)22(37)32-13-7-14(36)8-13/h9-14,20-21,23,34,36H,4-8H2,1-3H3,(H,31,33)(H,32,37)/t12-,13?,14?,20+,23?/m0/s1. The maximum absolute atomic E-state index is 14.3. The second kappa shape index (κ2) is 11.5. The van der Waals surface area contributed by atoms with E-state index < -0.39 is 53.4 Å². The van der Waals surface area contributed by atoms with Crippen molar-refractivity contribution in [2.45, 2.75) is 88.7 Å². The van der Waals surface area contributed by atoms with Crippen molar-refractivity contribution in [3.8, 4) is 0 Å². The predicted molar refractivity (Wildman–Crippen MR) is 137 cm³/mol. The first-order valence-corrected chi connectivity index (χ1v) is 13.7. The molecule has 1 saturated carbocycles. The number of hydrogen-bond donors (Lipinski definition) is 4. The molecule has 4 N–H and O–H groups in total. The number of hydrogen-bond acceptors (Lipinski definition) is 7. The van der Waals surface area contributed by atoms with E-state index in [1.807, 2.05) is 6.92 Å². The first kappa shape index (κ1) is 29.4. The SMILES string of the molecule is CC(C)[C@@H](Nc1cc(C(F)F)c(C2=C(C(=O)N3CCC[C@@H]3C)NC(C(=O)NC3CC(O)C3)S2)cn1)C(F)(F)F. The number of alkyl halides is 5. The molecule has 1 unspecified atom stereocenters. The van der Waals surface area contributed by atoms with Crippen LogP contribution in [-0.2, 0) is 9.59 Å². The molecule has 39 heavy (non-hydrogen) atoms. The summed E-state index contributed by atoms with van der Waals surface area (Å²) in [5.41, 5.74) is -0.766. The highest BCUT2D eigenvalue weighted by atomic mass is 32.2. The van der Waals surface area contributed by atoms with E-state index in [2.05, 4.69) is 20.9 Å². The lowest BCUT2D eigenvalue weighted by molar-refractivity contribution is -0.150. The number of anilines is 1. The minimum Gasteiger partial charge on any atom is -0.393 e. The molecule has 0 bridgehead atoms. The number of thioether (sulfide) groups is 1. The van der Waals surface area contributed by atoms with Crippen LogP contribution in [0.1, 0.15) is 64.0 Å². The van der Waals surface area contributed by atoms with Crippen LogP contribution in [0, 0.1) is 5.92 Å². The molecular weight excluding hydrogens is 545 g/mol. The molecule has 0 radical (unpaired) electrons. The van der Waals surface area contributed by atoms with Crippen LogP contribution in [0.4, 0.5) is 27.8 Å². The Bertz CT molecular complexity index is 1130. The monoisotopic (exact) mass is 577 g/mol. The van der Waals surface area contributed by atoms with Crippen LogP contribution in [0.15, 0.2) is 18.0 Å². The van der Waals surface area contributed by atoms with Gasteiger partial charge in [0.05, 0.1) is 6.10 Å². The second-order valence-electron chi connectivity index (χ2n) is 10.5. The Balaban J connectivity index is 1.67. The molecular formula is C25H32F5N5O3S. The van der Waals surface area contributed by atoms with E-state index in [1.54, 1.807) is 4.90 Å². The van der Waals surface area contributed by atoms with E-state index >= 15 is 0 Å². The molecule has 2 fully saturated rings. The Hall–Kier alpha value is -2.61. The van der Waals surface area contributed by atoms with Gasteiger partial charge < -0.3 is 26.0 Å². The van der Waals surface area contributed by atoms with Crippen molar-refractivity contribution in [1.29, 1.82) is 0 Å². The van der Waals surface area contributed by atoms with Crippen LogP contribution in [0.25, 0.3) is 4.91 Å². The molecule has 1 aliphatic carbocycles. The number of halogens is 5. The van der Waals surface area contributed by atoms with Crippen molar-refractivity contribution in [2.24, 2.45) is 5.92 Å². The normalized spacial score (nSPS) is 26.1. The maximum atomic E-state index is 14.3. The lowest BCUT2D eigenvalue weighted by atomic mass is 9.89. The largest absolute Gasteiger partial charge is 0.408 e. The van der Waals surface area contributed by atoms with Gasteiger partial charge in [-0.3, -0.25) is 9.59 Å². The quantitative estimate of drug-likeness (QED) is 0.346. The molecule has 0 aromatic carbocycles. The number of carbonyl (C=O) groups excluding carboxylic acids is 2. The number of nitrogens with one attached hydrogen (secondary N) is 3. The van der Waals surface area contributed by atoms with Gasteiger partial charge in [-0.05, 0) is 44.6 Å². The van der Waals surface area contributed by atoms with Crippen LogP contribution in [0.2, 0.25) is 0 Å². The summed E-state index contributed by atoms with van der Waals surface area (Å²) in [6.07, 6.45) is -4.87. The van der Waals surface area contributed by atoms with E-state index in [4.69, 9.17) is 0 Å². The number of aromatic nitrogens is 1. The first-order valence-electron chi connectivity index (χ1n) is 12.8. The highest BCUT2D eigenvalue weighted by Gasteiger charge is 2.43. The van der Waals surface area contributed by atoms with E-state index in [1.165, 1.54) is 13.8 Å². The van der Waals surface area contributed by atoms with Crippen LogP contribution >= 0.6 is 11.8 Å². The van der Waals surface area contributed by atoms with Gasteiger partial charge in [0.15, 0.2) is 5.37 Å². The molecule has 14 heteroatoms. The zero-order chi connectivity index (χ0) is 28.6. The number of aliphatic hydroxyl groups is 1. The Morgan fingerprint density at radius 2 is 1.95 bits per heavy atom. The third-order valence-electron chi connectivity index (χ3n) is 7.20. The Morgan fingerprint density at radius 1 is 1.26 bits per heavy atom. The van der Waals surface area contributed by atoms with Gasteiger partial charge in [-0.2, -0.15) is 13.2 Å². The van der Waals surface area contributed by atoms with E-state index in [9.17, 15) is 36.6 Å². The van der Waals surface area contributed by atoms with Gasteiger partial charge in [0.25, 0.3) is 18.2 Å². The average Bonchev–Trinajstić information content (AvgIpc) is 3.46. The van der Waals surface area contributed by atoms with E-state index in [-0.39, 0.29) is 34.1 Å². The number of carbonyl (C=O) groups is 2. The van der Waals surface area contributed by atoms with Gasteiger partial charge in [-0.1, -0.05) is 25.6 Å². The number of rotatable bonds is 8. The van der Waals surface area contributed by atoms with Gasteiger partial charge in [0.1, 0.15) is 17.6 Å². The molecule has 3 atom stereocenters. The predicted octanol–water partition coefficient (Wildman–Crippen LogP) is 4.00. The minimum atomic E-state index is -4.63. The highest BCUT2D eigenvalue weighted by molar-refractivity contribution is 8.09. The summed E-state index contributed by atoms with van der Waals surface area (Å²) in [4.78, 5) is 32.1. The lowest BCUT2D eigenvalue weighted by Gasteiger charge is -2.32. The number of amides is 2. The van der Waals surface area contributed by atoms with Crippen molar-refractivity contribution >= 4 is 34.3 Å². The fourth-order valence-corrected chi connectivity index (χ4v) is 6.10. The fourth-order valence-electron chi connectivity index (χ4n) is 4.95. The van der Waals surface area contributed by atoms with Gasteiger partial charge in [0, 0.05) is 40.9 Å². The molecule has 0 spiro atoms. The van der Waals surface area contributed by atoms with Gasteiger partial charge >= 0.3 is 6.18 Å². The zero-order valence-corrected chi connectivity index (χ0v) is 22.5. The van der Waals surface area contributed by atoms with Crippen molar-refractivity contribution < 1.29 is 36.6 Å². The van der Waals surface area contributed by atoms with E-state index in [0.717, 1.165) is 36.9 Å². The summed E-state index contributed by atoms with van der Waals surface area (Å²) >= 11 is 0.879. The summed E-state index contributed by atoms with van der Waals surface area (Å²) < 4.78 is 69.0. The summed E-state index contributed by atoms with van der Waals surface area (Å²) in [6, 6.07) is -1.46. The smallest absolute Gasteiger partial charge is 0.393 e. The van der Waals surface area contributed by atoms with Gasteiger partial charge in [0.2, 0.25) is 0 Å².